The molecule has 3 aromatic rings. The summed E-state index contributed by atoms with van der Waals surface area (Å²) >= 11 is 12.3. The van der Waals surface area contributed by atoms with Crippen molar-refractivity contribution in [3.63, 3.8) is 0 Å². The van der Waals surface area contributed by atoms with E-state index in [4.69, 9.17) is 34.7 Å². The summed E-state index contributed by atoms with van der Waals surface area (Å²) < 4.78 is 0. The third-order valence-corrected chi connectivity index (χ3v) is 5.14. The van der Waals surface area contributed by atoms with Gasteiger partial charge in [-0.3, -0.25) is 0 Å². The maximum absolute atomic E-state index is 6.35. The first-order chi connectivity index (χ1) is 12.5. The zero-order valence-electron chi connectivity index (χ0n) is 13.9. The van der Waals surface area contributed by atoms with Gasteiger partial charge in [-0.15, -0.1) is 0 Å². The molecule has 1 aliphatic rings. The average Bonchev–Trinajstić information content (AvgIpc) is 2.99. The Kier molecular flexibility index (Phi) is 4.34. The lowest BCUT2D eigenvalue weighted by molar-refractivity contribution is 0.830. The van der Waals surface area contributed by atoms with Crippen molar-refractivity contribution in [3.8, 4) is 11.1 Å². The number of fused-ring (bicyclic) bond motifs is 1. The number of benzene rings is 2. The van der Waals surface area contributed by atoms with Crippen molar-refractivity contribution in [2.45, 2.75) is 13.0 Å². The Bertz CT molecular complexity index is 990. The Morgan fingerprint density at radius 2 is 1.92 bits per heavy atom. The van der Waals surface area contributed by atoms with Crippen LogP contribution < -0.4 is 16.4 Å². The molecule has 2 aromatic carbocycles. The fraction of sp³-hybridized carbons (Fsp3) is 0.158. The highest BCUT2D eigenvalue weighted by molar-refractivity contribution is 6.36. The molecule has 0 saturated carbocycles. The van der Waals surface area contributed by atoms with Crippen LogP contribution in [0.2, 0.25) is 10.0 Å². The van der Waals surface area contributed by atoms with Crippen molar-refractivity contribution in [1.29, 1.82) is 0 Å². The number of hydrogen-bond donors (Lipinski definition) is 2. The van der Waals surface area contributed by atoms with Crippen LogP contribution in [-0.4, -0.2) is 16.5 Å². The summed E-state index contributed by atoms with van der Waals surface area (Å²) in [5, 5.41) is 1.29. The van der Waals surface area contributed by atoms with Gasteiger partial charge < -0.3 is 16.4 Å². The molecule has 2 heterocycles. The molecule has 0 amide bonds. The molecule has 1 aliphatic heterocycles. The highest BCUT2D eigenvalue weighted by atomic mass is 35.5. The van der Waals surface area contributed by atoms with Gasteiger partial charge in [0.1, 0.15) is 5.82 Å². The predicted octanol–water partition coefficient (Wildman–Crippen LogP) is 4.18. The zero-order valence-corrected chi connectivity index (χ0v) is 15.4. The number of halogens is 2. The molecule has 0 bridgehead atoms. The quantitative estimate of drug-likeness (QED) is 0.706. The second-order valence-electron chi connectivity index (χ2n) is 6.28. The Hall–Kier alpha value is -2.50. The van der Waals surface area contributed by atoms with Crippen LogP contribution in [0.4, 0.5) is 17.5 Å². The van der Waals surface area contributed by atoms with Crippen LogP contribution in [-0.2, 0) is 13.0 Å². The summed E-state index contributed by atoms with van der Waals surface area (Å²) in [5.74, 6) is 0.619. The van der Waals surface area contributed by atoms with Gasteiger partial charge >= 0.3 is 0 Å². The molecule has 1 aromatic heterocycles. The molecule has 0 radical (unpaired) electrons. The van der Waals surface area contributed by atoms with Crippen LogP contribution in [0.5, 0.6) is 0 Å². The Morgan fingerprint density at radius 3 is 2.69 bits per heavy atom. The van der Waals surface area contributed by atoms with Gasteiger partial charge in [0, 0.05) is 46.1 Å². The monoisotopic (exact) mass is 385 g/mol. The molecule has 0 atom stereocenters. The normalized spacial score (nSPS) is 13.1. The smallest absolute Gasteiger partial charge is 0.221 e. The standard InChI is InChI=1S/C19H17Cl2N5/c20-14-2-3-15(16(21)8-14)11-1-4-17-12(7-11)5-6-26(17)10-13-9-24-19(23)25-18(13)22/h1-4,7-9H,5-6,10H2,(H4,22,23,24,25). The molecule has 0 unspecified atom stereocenters. The molecule has 132 valence electrons. The summed E-state index contributed by atoms with van der Waals surface area (Å²) in [6.07, 6.45) is 2.65. The Balaban J connectivity index is 1.62. The lowest BCUT2D eigenvalue weighted by Gasteiger charge is -2.20. The first-order valence-corrected chi connectivity index (χ1v) is 8.97. The van der Waals surface area contributed by atoms with Gasteiger partial charge in [-0.05, 0) is 41.8 Å². The van der Waals surface area contributed by atoms with E-state index in [1.54, 1.807) is 12.3 Å². The minimum atomic E-state index is 0.192. The van der Waals surface area contributed by atoms with Crippen LogP contribution in [0.1, 0.15) is 11.1 Å². The molecular weight excluding hydrogens is 369 g/mol. The summed E-state index contributed by atoms with van der Waals surface area (Å²) in [5.41, 5.74) is 16.9. The van der Waals surface area contributed by atoms with Gasteiger partial charge in [0.2, 0.25) is 5.95 Å². The minimum absolute atomic E-state index is 0.192. The Labute approximate surface area is 161 Å². The van der Waals surface area contributed by atoms with E-state index < -0.39 is 0 Å². The molecule has 7 heteroatoms. The van der Waals surface area contributed by atoms with E-state index in [2.05, 4.69) is 33.1 Å². The predicted molar refractivity (Wildman–Crippen MR) is 108 cm³/mol. The molecule has 0 saturated heterocycles. The van der Waals surface area contributed by atoms with Crippen LogP contribution in [0.3, 0.4) is 0 Å². The topological polar surface area (TPSA) is 81.1 Å². The van der Waals surface area contributed by atoms with E-state index >= 15 is 0 Å². The van der Waals surface area contributed by atoms with Crippen molar-refractivity contribution < 1.29 is 0 Å². The summed E-state index contributed by atoms with van der Waals surface area (Å²) in [6.45, 7) is 1.57. The van der Waals surface area contributed by atoms with Crippen molar-refractivity contribution in [1.82, 2.24) is 9.97 Å². The molecule has 0 fully saturated rings. The third kappa shape index (κ3) is 3.16. The average molecular weight is 386 g/mol. The molecule has 26 heavy (non-hydrogen) atoms. The van der Waals surface area contributed by atoms with E-state index in [9.17, 15) is 0 Å². The van der Waals surface area contributed by atoms with Crippen molar-refractivity contribution in [2.24, 2.45) is 0 Å². The van der Waals surface area contributed by atoms with E-state index in [0.29, 0.717) is 22.4 Å². The summed E-state index contributed by atoms with van der Waals surface area (Å²) in [4.78, 5) is 10.3. The van der Waals surface area contributed by atoms with Gasteiger partial charge in [-0.25, -0.2) is 4.98 Å². The van der Waals surface area contributed by atoms with E-state index in [1.807, 2.05) is 12.1 Å². The highest BCUT2D eigenvalue weighted by Crippen LogP contribution is 2.36. The number of aromatic nitrogens is 2. The van der Waals surface area contributed by atoms with Crippen molar-refractivity contribution >= 4 is 40.7 Å². The molecule has 0 aliphatic carbocycles. The largest absolute Gasteiger partial charge is 0.383 e. The van der Waals surface area contributed by atoms with Gasteiger partial charge in [0.15, 0.2) is 0 Å². The Morgan fingerprint density at radius 1 is 1.08 bits per heavy atom. The molecular formula is C19H17Cl2N5. The van der Waals surface area contributed by atoms with Gasteiger partial charge in [-0.2, -0.15) is 4.98 Å². The second-order valence-corrected chi connectivity index (χ2v) is 7.12. The van der Waals surface area contributed by atoms with E-state index in [-0.39, 0.29) is 5.95 Å². The second kappa shape index (κ2) is 6.67. The molecule has 5 nitrogen and oxygen atoms in total. The van der Waals surface area contributed by atoms with E-state index in [1.165, 1.54) is 11.3 Å². The number of nitrogens with zero attached hydrogens (tertiary/aromatic N) is 3. The van der Waals surface area contributed by atoms with Crippen molar-refractivity contribution in [3.05, 3.63) is 63.8 Å². The van der Waals surface area contributed by atoms with Crippen LogP contribution in [0.15, 0.2) is 42.6 Å². The van der Waals surface area contributed by atoms with Crippen LogP contribution in [0, 0.1) is 0 Å². The van der Waals surface area contributed by atoms with Gasteiger partial charge in [0.25, 0.3) is 0 Å². The number of rotatable bonds is 3. The summed E-state index contributed by atoms with van der Waals surface area (Å²) in [6, 6.07) is 12.0. The number of hydrogen-bond acceptors (Lipinski definition) is 5. The minimum Gasteiger partial charge on any atom is -0.383 e. The first kappa shape index (κ1) is 16.9. The SMILES string of the molecule is Nc1ncc(CN2CCc3cc(-c4ccc(Cl)cc4Cl)ccc32)c(N)n1. The first-order valence-electron chi connectivity index (χ1n) is 8.21. The zero-order chi connectivity index (χ0) is 18.3. The lowest BCUT2D eigenvalue weighted by Crippen LogP contribution is -2.21. The maximum Gasteiger partial charge on any atom is 0.221 e. The van der Waals surface area contributed by atoms with Gasteiger partial charge in [-0.1, -0.05) is 35.3 Å². The fourth-order valence-corrected chi connectivity index (χ4v) is 3.80. The van der Waals surface area contributed by atoms with E-state index in [0.717, 1.165) is 29.7 Å². The van der Waals surface area contributed by atoms with Crippen LogP contribution in [0.25, 0.3) is 11.1 Å². The van der Waals surface area contributed by atoms with Crippen molar-refractivity contribution in [2.75, 3.05) is 22.9 Å². The number of nitrogens with two attached hydrogens (primary N) is 2. The maximum atomic E-state index is 6.35. The lowest BCUT2D eigenvalue weighted by atomic mass is 10.0. The molecule has 4 rings (SSSR count). The summed E-state index contributed by atoms with van der Waals surface area (Å²) in [7, 11) is 0. The molecule has 0 spiro atoms. The highest BCUT2D eigenvalue weighted by Gasteiger charge is 2.21. The fourth-order valence-electron chi connectivity index (χ4n) is 3.29. The number of nitrogen functional groups attached to an aromatic ring is 2. The third-order valence-electron chi connectivity index (χ3n) is 4.59. The van der Waals surface area contributed by atoms with Gasteiger partial charge in [0.05, 0.1) is 0 Å². The van der Waals surface area contributed by atoms with Crippen LogP contribution >= 0.6 is 23.2 Å². The number of anilines is 3. The molecule has 4 N–H and O–H groups in total.